The number of rotatable bonds is 3. The standard InChI is InChI=1S/C7H13NO2/c1-8(2-7-5-10-7)6-3-9-4-6/h6-7H,2-5H2,1H3. The van der Waals surface area contributed by atoms with Crippen LogP contribution in [0.1, 0.15) is 0 Å². The minimum atomic E-state index is 0.519. The molecule has 0 amide bonds. The summed E-state index contributed by atoms with van der Waals surface area (Å²) in [5.41, 5.74) is 0. The Morgan fingerprint density at radius 1 is 1.40 bits per heavy atom. The van der Waals surface area contributed by atoms with E-state index in [2.05, 4.69) is 11.9 Å². The van der Waals surface area contributed by atoms with Gasteiger partial charge in [0, 0.05) is 6.54 Å². The zero-order chi connectivity index (χ0) is 6.97. The van der Waals surface area contributed by atoms with E-state index >= 15 is 0 Å². The van der Waals surface area contributed by atoms with Crippen LogP contribution in [0.2, 0.25) is 0 Å². The van der Waals surface area contributed by atoms with Crippen molar-refractivity contribution in [3.05, 3.63) is 0 Å². The van der Waals surface area contributed by atoms with E-state index < -0.39 is 0 Å². The lowest BCUT2D eigenvalue weighted by Gasteiger charge is -2.34. The Morgan fingerprint density at radius 2 is 2.10 bits per heavy atom. The van der Waals surface area contributed by atoms with Gasteiger partial charge in [0.2, 0.25) is 0 Å². The zero-order valence-corrected chi connectivity index (χ0v) is 6.25. The minimum absolute atomic E-state index is 0.519. The van der Waals surface area contributed by atoms with Crippen molar-refractivity contribution < 1.29 is 9.47 Å². The molecule has 0 aromatic rings. The molecule has 2 aliphatic heterocycles. The van der Waals surface area contributed by atoms with E-state index in [4.69, 9.17) is 9.47 Å². The maximum Gasteiger partial charge on any atom is 0.0936 e. The van der Waals surface area contributed by atoms with Crippen molar-refractivity contribution in [3.8, 4) is 0 Å². The van der Waals surface area contributed by atoms with Crippen molar-refractivity contribution >= 4 is 0 Å². The highest BCUT2D eigenvalue weighted by molar-refractivity contribution is 4.80. The minimum Gasteiger partial charge on any atom is -0.378 e. The van der Waals surface area contributed by atoms with E-state index in [9.17, 15) is 0 Å². The van der Waals surface area contributed by atoms with Gasteiger partial charge in [-0.05, 0) is 7.05 Å². The Morgan fingerprint density at radius 3 is 2.50 bits per heavy atom. The van der Waals surface area contributed by atoms with Crippen molar-refractivity contribution in [2.45, 2.75) is 12.1 Å². The molecule has 0 bridgehead atoms. The molecule has 10 heavy (non-hydrogen) atoms. The molecule has 2 heterocycles. The highest BCUT2D eigenvalue weighted by Gasteiger charge is 2.29. The highest BCUT2D eigenvalue weighted by Crippen LogP contribution is 2.14. The van der Waals surface area contributed by atoms with Crippen LogP contribution in [-0.2, 0) is 9.47 Å². The summed E-state index contributed by atoms with van der Waals surface area (Å²) >= 11 is 0. The molecule has 2 aliphatic rings. The molecule has 0 aromatic heterocycles. The summed E-state index contributed by atoms with van der Waals surface area (Å²) in [6, 6.07) is 0.657. The van der Waals surface area contributed by atoms with Gasteiger partial charge in [0.25, 0.3) is 0 Å². The van der Waals surface area contributed by atoms with E-state index in [1.165, 1.54) is 0 Å². The van der Waals surface area contributed by atoms with Gasteiger partial charge in [-0.15, -0.1) is 0 Å². The average Bonchev–Trinajstić information content (AvgIpc) is 2.43. The van der Waals surface area contributed by atoms with Crippen LogP contribution in [0.4, 0.5) is 0 Å². The summed E-state index contributed by atoms with van der Waals surface area (Å²) in [4.78, 5) is 2.32. The molecule has 0 saturated carbocycles. The third-order valence-corrected chi connectivity index (χ3v) is 2.14. The van der Waals surface area contributed by atoms with Crippen LogP contribution < -0.4 is 0 Å². The Balaban J connectivity index is 1.69. The van der Waals surface area contributed by atoms with E-state index in [1.54, 1.807) is 0 Å². The molecule has 3 heteroatoms. The van der Waals surface area contributed by atoms with Crippen LogP contribution in [0.15, 0.2) is 0 Å². The van der Waals surface area contributed by atoms with Crippen molar-refractivity contribution in [3.63, 3.8) is 0 Å². The van der Waals surface area contributed by atoms with Crippen molar-refractivity contribution in [1.29, 1.82) is 0 Å². The van der Waals surface area contributed by atoms with Gasteiger partial charge < -0.3 is 9.47 Å². The lowest BCUT2D eigenvalue weighted by atomic mass is 10.2. The maximum atomic E-state index is 5.12. The molecule has 0 aliphatic carbocycles. The number of ether oxygens (including phenoxy) is 2. The molecular formula is C7H13NO2. The van der Waals surface area contributed by atoms with Crippen LogP contribution in [0, 0.1) is 0 Å². The fraction of sp³-hybridized carbons (Fsp3) is 1.00. The first-order valence-corrected chi connectivity index (χ1v) is 3.76. The molecule has 2 rings (SSSR count). The predicted molar refractivity (Wildman–Crippen MR) is 37.0 cm³/mol. The van der Waals surface area contributed by atoms with E-state index in [-0.39, 0.29) is 0 Å². The Bertz CT molecular complexity index is 121. The van der Waals surface area contributed by atoms with Crippen molar-refractivity contribution in [2.24, 2.45) is 0 Å². The summed E-state index contributed by atoms with van der Waals surface area (Å²) in [5.74, 6) is 0. The average molecular weight is 143 g/mol. The van der Waals surface area contributed by atoms with Crippen LogP contribution in [0.5, 0.6) is 0 Å². The van der Waals surface area contributed by atoms with Gasteiger partial charge in [0.15, 0.2) is 0 Å². The second kappa shape index (κ2) is 2.49. The molecule has 1 unspecified atom stereocenters. The second-order valence-electron chi connectivity index (χ2n) is 3.09. The third kappa shape index (κ3) is 1.31. The Labute approximate surface area is 60.9 Å². The largest absolute Gasteiger partial charge is 0.378 e. The number of hydrogen-bond donors (Lipinski definition) is 0. The molecule has 1 atom stereocenters. The summed E-state index contributed by atoms with van der Waals surface area (Å²) in [5, 5.41) is 0. The number of likely N-dealkylation sites (N-methyl/N-ethyl adjacent to an activating group) is 1. The molecule has 0 radical (unpaired) electrons. The lowest BCUT2D eigenvalue weighted by Crippen LogP contribution is -2.48. The molecular weight excluding hydrogens is 130 g/mol. The predicted octanol–water partition coefficient (Wildman–Crippen LogP) is -0.284. The van der Waals surface area contributed by atoms with E-state index in [0.29, 0.717) is 12.1 Å². The van der Waals surface area contributed by atoms with E-state index in [1.807, 2.05) is 0 Å². The van der Waals surface area contributed by atoms with Gasteiger partial charge >= 0.3 is 0 Å². The number of hydrogen-bond acceptors (Lipinski definition) is 3. The molecule has 0 spiro atoms. The quantitative estimate of drug-likeness (QED) is 0.508. The number of nitrogens with zero attached hydrogens (tertiary/aromatic N) is 1. The Kier molecular flexibility index (Phi) is 1.64. The first-order valence-electron chi connectivity index (χ1n) is 3.76. The fourth-order valence-electron chi connectivity index (χ4n) is 1.12. The first-order chi connectivity index (χ1) is 4.86. The van der Waals surface area contributed by atoms with Gasteiger partial charge in [0.1, 0.15) is 0 Å². The molecule has 2 fully saturated rings. The second-order valence-corrected chi connectivity index (χ2v) is 3.09. The monoisotopic (exact) mass is 143 g/mol. The molecule has 0 aromatic carbocycles. The lowest BCUT2D eigenvalue weighted by molar-refractivity contribution is -0.0572. The molecule has 3 nitrogen and oxygen atoms in total. The van der Waals surface area contributed by atoms with Gasteiger partial charge in [-0.2, -0.15) is 0 Å². The Hall–Kier alpha value is -0.120. The highest BCUT2D eigenvalue weighted by atomic mass is 16.6. The summed E-state index contributed by atoms with van der Waals surface area (Å²) in [6.07, 6.45) is 0.519. The van der Waals surface area contributed by atoms with E-state index in [0.717, 1.165) is 26.4 Å². The summed E-state index contributed by atoms with van der Waals surface area (Å²) in [7, 11) is 2.13. The number of epoxide rings is 1. The fourth-order valence-corrected chi connectivity index (χ4v) is 1.12. The SMILES string of the molecule is CN(CC1CO1)C1COC1. The van der Waals surface area contributed by atoms with Crippen molar-refractivity contribution in [2.75, 3.05) is 33.4 Å². The molecule has 58 valence electrons. The van der Waals surface area contributed by atoms with Crippen LogP contribution in [0.3, 0.4) is 0 Å². The van der Waals surface area contributed by atoms with Gasteiger partial charge in [-0.3, -0.25) is 4.90 Å². The zero-order valence-electron chi connectivity index (χ0n) is 6.25. The van der Waals surface area contributed by atoms with Gasteiger partial charge in [-0.25, -0.2) is 0 Å². The summed E-state index contributed by atoms with van der Waals surface area (Å²) in [6.45, 7) is 3.85. The van der Waals surface area contributed by atoms with Crippen LogP contribution >= 0.6 is 0 Å². The molecule has 0 N–H and O–H groups in total. The van der Waals surface area contributed by atoms with Crippen LogP contribution in [-0.4, -0.2) is 50.5 Å². The molecule has 2 saturated heterocycles. The topological polar surface area (TPSA) is 25.0 Å². The third-order valence-electron chi connectivity index (χ3n) is 2.14. The van der Waals surface area contributed by atoms with Gasteiger partial charge in [-0.1, -0.05) is 0 Å². The smallest absolute Gasteiger partial charge is 0.0936 e. The normalized spacial score (nSPS) is 32.4. The maximum absolute atomic E-state index is 5.12. The van der Waals surface area contributed by atoms with Gasteiger partial charge in [0.05, 0.1) is 32.0 Å². The summed E-state index contributed by atoms with van der Waals surface area (Å²) < 4.78 is 10.2. The first kappa shape index (κ1) is 6.58. The van der Waals surface area contributed by atoms with Crippen molar-refractivity contribution in [1.82, 2.24) is 4.90 Å². The van der Waals surface area contributed by atoms with Crippen LogP contribution in [0.25, 0.3) is 0 Å².